The molecule has 0 aliphatic carbocycles. The molecule has 1 fully saturated rings. The lowest BCUT2D eigenvalue weighted by molar-refractivity contribution is -0.128. The van der Waals surface area contributed by atoms with Crippen molar-refractivity contribution in [3.8, 4) is 17.1 Å². The molecule has 1 amide bonds. The van der Waals surface area contributed by atoms with Crippen molar-refractivity contribution < 1.29 is 4.79 Å². The predicted molar refractivity (Wildman–Crippen MR) is 137 cm³/mol. The van der Waals surface area contributed by atoms with Gasteiger partial charge >= 0.3 is 0 Å². The molecule has 1 aromatic heterocycles. The van der Waals surface area contributed by atoms with Gasteiger partial charge in [-0.15, -0.1) is 10.2 Å². The van der Waals surface area contributed by atoms with Crippen LogP contribution in [0.2, 0.25) is 0 Å². The Bertz CT molecular complexity index is 1230. The Morgan fingerprint density at radius 3 is 2.06 bits per heavy atom. The first kappa shape index (κ1) is 22.2. The van der Waals surface area contributed by atoms with Crippen molar-refractivity contribution in [3.05, 3.63) is 90.5 Å². The van der Waals surface area contributed by atoms with Crippen molar-refractivity contribution in [2.24, 2.45) is 0 Å². The second kappa shape index (κ2) is 10.1. The summed E-state index contributed by atoms with van der Waals surface area (Å²) in [6.45, 7) is 5.22. The molecule has 172 valence electrons. The van der Waals surface area contributed by atoms with Crippen LogP contribution in [-0.4, -0.2) is 57.5 Å². The lowest BCUT2D eigenvalue weighted by Crippen LogP contribution is -2.49. The highest BCUT2D eigenvalue weighted by molar-refractivity contribution is 7.99. The standard InChI is InChI=1S/C27H27N5OS/c1-21-12-14-22(15-13-21)26-28-29-27(32(26)24-10-6-3-7-11-24)34-20-25(33)31-18-16-30(17-19-31)23-8-4-2-5-9-23/h2-15H,16-20H2,1H3. The Balaban J connectivity index is 1.29. The van der Waals surface area contributed by atoms with Gasteiger partial charge in [0.1, 0.15) is 0 Å². The number of para-hydroxylation sites is 2. The van der Waals surface area contributed by atoms with Crippen LogP contribution in [0.5, 0.6) is 0 Å². The number of rotatable bonds is 6. The number of carbonyl (C=O) groups is 1. The Morgan fingerprint density at radius 1 is 0.794 bits per heavy atom. The van der Waals surface area contributed by atoms with Crippen LogP contribution in [0.1, 0.15) is 5.56 Å². The molecule has 0 atom stereocenters. The fourth-order valence-electron chi connectivity index (χ4n) is 4.13. The van der Waals surface area contributed by atoms with E-state index in [-0.39, 0.29) is 5.91 Å². The molecule has 1 aliphatic rings. The Morgan fingerprint density at radius 2 is 1.41 bits per heavy atom. The second-order valence-electron chi connectivity index (χ2n) is 8.34. The molecule has 6 nitrogen and oxygen atoms in total. The molecule has 4 aromatic rings. The molecule has 0 radical (unpaired) electrons. The maximum atomic E-state index is 13.0. The smallest absolute Gasteiger partial charge is 0.233 e. The van der Waals surface area contributed by atoms with Gasteiger partial charge in [-0.25, -0.2) is 0 Å². The van der Waals surface area contributed by atoms with Crippen LogP contribution in [0, 0.1) is 6.92 Å². The topological polar surface area (TPSA) is 54.3 Å². The van der Waals surface area contributed by atoms with E-state index in [9.17, 15) is 4.79 Å². The first-order valence-electron chi connectivity index (χ1n) is 11.5. The van der Waals surface area contributed by atoms with Gasteiger partial charge < -0.3 is 9.80 Å². The SMILES string of the molecule is Cc1ccc(-c2nnc(SCC(=O)N3CCN(c4ccccc4)CC3)n2-c2ccccc2)cc1. The highest BCUT2D eigenvalue weighted by atomic mass is 32.2. The zero-order chi connectivity index (χ0) is 23.3. The molecule has 0 spiro atoms. The molecule has 34 heavy (non-hydrogen) atoms. The van der Waals surface area contributed by atoms with Crippen molar-refractivity contribution in [2.75, 3.05) is 36.8 Å². The van der Waals surface area contributed by atoms with Crippen molar-refractivity contribution in [1.29, 1.82) is 0 Å². The molecule has 0 bridgehead atoms. The molecule has 2 heterocycles. The zero-order valence-corrected chi connectivity index (χ0v) is 20.0. The highest BCUT2D eigenvalue weighted by Crippen LogP contribution is 2.28. The number of piperazine rings is 1. The zero-order valence-electron chi connectivity index (χ0n) is 19.2. The fraction of sp³-hybridized carbons (Fsp3) is 0.222. The number of nitrogens with zero attached hydrogens (tertiary/aromatic N) is 5. The average molecular weight is 470 g/mol. The minimum absolute atomic E-state index is 0.136. The lowest BCUT2D eigenvalue weighted by Gasteiger charge is -2.36. The maximum Gasteiger partial charge on any atom is 0.233 e. The summed E-state index contributed by atoms with van der Waals surface area (Å²) in [5, 5.41) is 9.66. The normalized spacial score (nSPS) is 13.8. The molecular formula is C27H27N5OS. The summed E-state index contributed by atoms with van der Waals surface area (Å²) in [7, 11) is 0. The van der Waals surface area contributed by atoms with Crippen LogP contribution in [-0.2, 0) is 4.79 Å². The van der Waals surface area contributed by atoms with Crippen molar-refractivity contribution in [3.63, 3.8) is 0 Å². The third-order valence-electron chi connectivity index (χ3n) is 6.04. The van der Waals surface area contributed by atoms with E-state index < -0.39 is 0 Å². The summed E-state index contributed by atoms with van der Waals surface area (Å²) < 4.78 is 2.04. The third kappa shape index (κ3) is 4.84. The highest BCUT2D eigenvalue weighted by Gasteiger charge is 2.23. The van der Waals surface area contributed by atoms with Crippen molar-refractivity contribution in [1.82, 2.24) is 19.7 Å². The number of anilines is 1. The number of amides is 1. The molecule has 0 unspecified atom stereocenters. The van der Waals surface area contributed by atoms with Gasteiger partial charge in [0.2, 0.25) is 5.91 Å². The van der Waals surface area contributed by atoms with Crippen LogP contribution in [0.15, 0.2) is 90.1 Å². The molecule has 3 aromatic carbocycles. The largest absolute Gasteiger partial charge is 0.368 e. The number of carbonyl (C=O) groups excluding carboxylic acids is 1. The number of aryl methyl sites for hydroxylation is 1. The second-order valence-corrected chi connectivity index (χ2v) is 9.28. The summed E-state index contributed by atoms with van der Waals surface area (Å²) in [5.74, 6) is 1.25. The number of hydrogen-bond donors (Lipinski definition) is 0. The molecule has 7 heteroatoms. The van der Waals surface area contributed by atoms with Gasteiger partial charge in [-0.2, -0.15) is 0 Å². The van der Waals surface area contributed by atoms with Gasteiger partial charge in [0.15, 0.2) is 11.0 Å². The molecule has 1 aliphatic heterocycles. The predicted octanol–water partition coefficient (Wildman–Crippen LogP) is 4.68. The van der Waals surface area contributed by atoms with Gasteiger partial charge in [0, 0.05) is 43.1 Å². The minimum Gasteiger partial charge on any atom is -0.368 e. The first-order valence-corrected chi connectivity index (χ1v) is 12.5. The average Bonchev–Trinajstić information content (AvgIpc) is 3.33. The van der Waals surface area contributed by atoms with Crippen molar-refractivity contribution >= 4 is 23.4 Å². The van der Waals surface area contributed by atoms with Crippen LogP contribution < -0.4 is 4.90 Å². The fourth-order valence-corrected chi connectivity index (χ4v) is 4.99. The maximum absolute atomic E-state index is 13.0. The summed E-state index contributed by atoms with van der Waals surface area (Å²) in [5.41, 5.74) is 4.39. The van der Waals surface area contributed by atoms with Gasteiger partial charge in [-0.3, -0.25) is 9.36 Å². The van der Waals surface area contributed by atoms with Crippen LogP contribution >= 0.6 is 11.8 Å². The van der Waals surface area contributed by atoms with E-state index >= 15 is 0 Å². The third-order valence-corrected chi connectivity index (χ3v) is 6.95. The van der Waals surface area contributed by atoms with Gasteiger partial charge in [-0.1, -0.05) is 78.0 Å². The number of benzene rings is 3. The Kier molecular flexibility index (Phi) is 6.62. The van der Waals surface area contributed by atoms with E-state index in [0.29, 0.717) is 5.75 Å². The minimum atomic E-state index is 0.136. The Hall–Kier alpha value is -3.58. The van der Waals surface area contributed by atoms with Crippen LogP contribution in [0.4, 0.5) is 5.69 Å². The summed E-state index contributed by atoms with van der Waals surface area (Å²) in [4.78, 5) is 17.3. The monoisotopic (exact) mass is 469 g/mol. The van der Waals surface area contributed by atoms with E-state index in [4.69, 9.17) is 0 Å². The number of aromatic nitrogens is 3. The van der Waals surface area contributed by atoms with E-state index in [1.54, 1.807) is 0 Å². The van der Waals surface area contributed by atoms with Crippen LogP contribution in [0.3, 0.4) is 0 Å². The molecule has 1 saturated heterocycles. The van der Waals surface area contributed by atoms with E-state index in [0.717, 1.165) is 48.4 Å². The summed E-state index contributed by atoms with van der Waals surface area (Å²) >= 11 is 1.44. The number of hydrogen-bond acceptors (Lipinski definition) is 5. The first-order chi connectivity index (χ1) is 16.7. The summed E-state index contributed by atoms with van der Waals surface area (Å²) in [6.07, 6.45) is 0. The number of thioether (sulfide) groups is 1. The molecule has 5 rings (SSSR count). The molecule has 0 saturated carbocycles. The summed E-state index contributed by atoms with van der Waals surface area (Å²) in [6, 6.07) is 28.7. The van der Waals surface area contributed by atoms with Gasteiger partial charge in [-0.05, 0) is 31.2 Å². The molecule has 0 N–H and O–H groups in total. The van der Waals surface area contributed by atoms with Gasteiger partial charge in [0.05, 0.1) is 5.75 Å². The lowest BCUT2D eigenvalue weighted by atomic mass is 10.1. The quantitative estimate of drug-likeness (QED) is 0.384. The van der Waals surface area contributed by atoms with E-state index in [1.807, 2.05) is 45.9 Å². The molecular weight excluding hydrogens is 442 g/mol. The van der Waals surface area contributed by atoms with Crippen molar-refractivity contribution in [2.45, 2.75) is 12.1 Å². The van der Waals surface area contributed by atoms with Crippen LogP contribution in [0.25, 0.3) is 17.1 Å². The van der Waals surface area contributed by atoms with E-state index in [1.165, 1.54) is 23.0 Å². The van der Waals surface area contributed by atoms with E-state index in [2.05, 4.69) is 70.6 Å². The van der Waals surface area contributed by atoms with Gasteiger partial charge in [0.25, 0.3) is 0 Å². The Labute approximate surface area is 204 Å².